The van der Waals surface area contributed by atoms with Crippen LogP contribution in [0.25, 0.3) is 0 Å². The number of nitrogens with zero attached hydrogens (tertiary/aromatic N) is 3. The average molecular weight is 252 g/mol. The molecule has 1 aromatic heterocycles. The fraction of sp³-hybridized carbons (Fsp3) is 0.400. The molecule has 0 aromatic carbocycles. The molecule has 0 aliphatic rings. The first-order chi connectivity index (χ1) is 8.42. The molecule has 6 N–H and O–H groups in total. The van der Waals surface area contributed by atoms with Crippen molar-refractivity contribution >= 4 is 23.5 Å². The Kier molecular flexibility index (Phi) is 4.41. The molecular formula is C10H16N6O2. The summed E-state index contributed by atoms with van der Waals surface area (Å²) < 4.78 is 0. The van der Waals surface area contributed by atoms with Gasteiger partial charge in [0.05, 0.1) is 13.1 Å². The maximum Gasteiger partial charge on any atom is 0.237 e. The summed E-state index contributed by atoms with van der Waals surface area (Å²) in [6.45, 7) is 1.54. The Balaban J connectivity index is 3.06. The number of amides is 2. The van der Waals surface area contributed by atoms with Gasteiger partial charge < -0.3 is 22.1 Å². The van der Waals surface area contributed by atoms with Crippen molar-refractivity contribution < 1.29 is 9.59 Å². The van der Waals surface area contributed by atoms with Crippen molar-refractivity contribution in [3.63, 3.8) is 0 Å². The van der Waals surface area contributed by atoms with Gasteiger partial charge in [-0.2, -0.15) is 0 Å². The van der Waals surface area contributed by atoms with E-state index in [1.165, 1.54) is 11.0 Å². The summed E-state index contributed by atoms with van der Waals surface area (Å²) in [5.41, 5.74) is 15.8. The summed E-state index contributed by atoms with van der Waals surface area (Å²) in [4.78, 5) is 31.5. The van der Waals surface area contributed by atoms with Crippen LogP contribution in [0.1, 0.15) is 12.7 Å². The molecule has 98 valence electrons. The highest BCUT2D eigenvalue weighted by Gasteiger charge is 2.15. The lowest BCUT2D eigenvalue weighted by molar-refractivity contribution is -0.117. The van der Waals surface area contributed by atoms with E-state index >= 15 is 0 Å². The van der Waals surface area contributed by atoms with Crippen molar-refractivity contribution in [2.75, 3.05) is 23.7 Å². The van der Waals surface area contributed by atoms with Gasteiger partial charge in [-0.3, -0.25) is 9.59 Å². The van der Waals surface area contributed by atoms with Gasteiger partial charge in [0.15, 0.2) is 0 Å². The fourth-order valence-electron chi connectivity index (χ4n) is 1.42. The van der Waals surface area contributed by atoms with Crippen molar-refractivity contribution in [1.82, 2.24) is 9.97 Å². The van der Waals surface area contributed by atoms with Gasteiger partial charge in [0.1, 0.15) is 17.5 Å². The van der Waals surface area contributed by atoms with Crippen LogP contribution in [-0.2, 0) is 16.0 Å². The molecular weight excluding hydrogens is 236 g/mol. The van der Waals surface area contributed by atoms with E-state index in [0.717, 1.165) is 0 Å². The molecule has 1 heterocycles. The number of carbonyl (C=O) groups is 2. The van der Waals surface area contributed by atoms with Crippen LogP contribution >= 0.6 is 0 Å². The maximum atomic E-state index is 11.0. The van der Waals surface area contributed by atoms with Gasteiger partial charge in [-0.05, 0) is 0 Å². The number of carbonyl (C=O) groups excluding carboxylic acids is 2. The van der Waals surface area contributed by atoms with Crippen molar-refractivity contribution in [3.8, 4) is 0 Å². The predicted octanol–water partition coefficient (Wildman–Crippen LogP) is -1.60. The van der Waals surface area contributed by atoms with Crippen molar-refractivity contribution in [2.24, 2.45) is 11.5 Å². The van der Waals surface area contributed by atoms with Gasteiger partial charge in [0.2, 0.25) is 11.8 Å². The van der Waals surface area contributed by atoms with Crippen LogP contribution in [0, 0.1) is 0 Å². The number of primary amides is 2. The Morgan fingerprint density at radius 3 is 2.22 bits per heavy atom. The number of nitrogens with two attached hydrogens (primary N) is 3. The number of hydrogen-bond donors (Lipinski definition) is 3. The minimum absolute atomic E-state index is 0.164. The third kappa shape index (κ3) is 3.89. The molecule has 0 aliphatic heterocycles. The van der Waals surface area contributed by atoms with E-state index in [9.17, 15) is 9.59 Å². The summed E-state index contributed by atoms with van der Waals surface area (Å²) >= 11 is 0. The number of aromatic nitrogens is 2. The van der Waals surface area contributed by atoms with Gasteiger partial charge in [-0.15, -0.1) is 0 Å². The molecule has 8 heteroatoms. The molecule has 8 nitrogen and oxygen atoms in total. The zero-order valence-corrected chi connectivity index (χ0v) is 10.1. The Bertz CT molecular complexity index is 446. The Morgan fingerprint density at radius 2 is 1.78 bits per heavy atom. The summed E-state index contributed by atoms with van der Waals surface area (Å²) in [6.07, 6.45) is 0.582. The van der Waals surface area contributed by atoms with E-state index < -0.39 is 11.8 Å². The highest BCUT2D eigenvalue weighted by atomic mass is 16.2. The van der Waals surface area contributed by atoms with Gasteiger partial charge in [0.25, 0.3) is 0 Å². The molecule has 0 saturated carbocycles. The van der Waals surface area contributed by atoms with E-state index in [1.54, 1.807) is 0 Å². The third-order valence-electron chi connectivity index (χ3n) is 2.11. The molecule has 2 amide bonds. The second-order valence-electron chi connectivity index (χ2n) is 3.71. The van der Waals surface area contributed by atoms with E-state index in [0.29, 0.717) is 18.1 Å². The molecule has 1 rings (SSSR count). The minimum atomic E-state index is -0.591. The lowest BCUT2D eigenvalue weighted by atomic mass is 10.3. The van der Waals surface area contributed by atoms with Gasteiger partial charge in [0, 0.05) is 12.5 Å². The van der Waals surface area contributed by atoms with Crippen LogP contribution in [0.3, 0.4) is 0 Å². The number of hydrogen-bond acceptors (Lipinski definition) is 6. The van der Waals surface area contributed by atoms with Gasteiger partial charge in [-0.25, -0.2) is 9.97 Å². The number of anilines is 2. The highest BCUT2D eigenvalue weighted by molar-refractivity contribution is 5.84. The Morgan fingerprint density at radius 1 is 1.22 bits per heavy atom. The van der Waals surface area contributed by atoms with Crippen LogP contribution in [-0.4, -0.2) is 34.9 Å². The van der Waals surface area contributed by atoms with Gasteiger partial charge in [-0.1, -0.05) is 6.92 Å². The first-order valence-electron chi connectivity index (χ1n) is 5.37. The summed E-state index contributed by atoms with van der Waals surface area (Å²) in [5, 5.41) is 0. The number of nitrogen functional groups attached to an aromatic ring is 1. The molecule has 0 radical (unpaired) electrons. The molecule has 0 atom stereocenters. The monoisotopic (exact) mass is 252 g/mol. The largest absolute Gasteiger partial charge is 0.384 e. The number of rotatable bonds is 6. The standard InChI is InChI=1S/C10H16N6O2/c1-2-9-14-6(11)3-10(15-9)16(4-7(12)17)5-8(13)18/h3H,2,4-5H2,1H3,(H2,12,17)(H2,13,18)(H2,11,14,15). The molecule has 0 saturated heterocycles. The molecule has 0 fully saturated rings. The molecule has 1 aromatic rings. The lowest BCUT2D eigenvalue weighted by Crippen LogP contribution is -2.40. The fourth-order valence-corrected chi connectivity index (χ4v) is 1.42. The van der Waals surface area contributed by atoms with Crippen LogP contribution in [0.2, 0.25) is 0 Å². The van der Waals surface area contributed by atoms with Gasteiger partial charge >= 0.3 is 0 Å². The summed E-state index contributed by atoms with van der Waals surface area (Å²) in [5.74, 6) is -0.0466. The van der Waals surface area contributed by atoms with Crippen LogP contribution < -0.4 is 22.1 Å². The molecule has 0 spiro atoms. The summed E-state index contributed by atoms with van der Waals surface area (Å²) in [6, 6.07) is 1.46. The second-order valence-corrected chi connectivity index (χ2v) is 3.71. The summed E-state index contributed by atoms with van der Waals surface area (Å²) in [7, 11) is 0. The molecule has 0 unspecified atom stereocenters. The predicted molar refractivity (Wildman–Crippen MR) is 66.4 cm³/mol. The average Bonchev–Trinajstić information content (AvgIpc) is 2.26. The topological polar surface area (TPSA) is 141 Å². The Hall–Kier alpha value is -2.38. The third-order valence-corrected chi connectivity index (χ3v) is 2.11. The zero-order chi connectivity index (χ0) is 13.7. The molecule has 0 bridgehead atoms. The molecule has 18 heavy (non-hydrogen) atoms. The van der Waals surface area contributed by atoms with Crippen molar-refractivity contribution in [3.05, 3.63) is 11.9 Å². The van der Waals surface area contributed by atoms with Crippen LogP contribution in [0.15, 0.2) is 6.07 Å². The zero-order valence-electron chi connectivity index (χ0n) is 10.1. The van der Waals surface area contributed by atoms with E-state index in [4.69, 9.17) is 17.2 Å². The Labute approximate surface area is 104 Å². The first-order valence-corrected chi connectivity index (χ1v) is 5.37. The lowest BCUT2D eigenvalue weighted by Gasteiger charge is -2.21. The van der Waals surface area contributed by atoms with Crippen LogP contribution in [0.5, 0.6) is 0 Å². The smallest absolute Gasteiger partial charge is 0.237 e. The minimum Gasteiger partial charge on any atom is -0.384 e. The van der Waals surface area contributed by atoms with Crippen LogP contribution in [0.4, 0.5) is 11.6 Å². The molecule has 0 aliphatic carbocycles. The second kappa shape index (κ2) is 5.80. The SMILES string of the molecule is CCc1nc(N)cc(N(CC(N)=O)CC(N)=O)n1. The maximum absolute atomic E-state index is 11.0. The quantitative estimate of drug-likeness (QED) is 0.556. The van der Waals surface area contributed by atoms with E-state index in [2.05, 4.69) is 9.97 Å². The number of aryl methyl sites for hydroxylation is 1. The first kappa shape index (κ1) is 13.7. The van der Waals surface area contributed by atoms with Crippen molar-refractivity contribution in [2.45, 2.75) is 13.3 Å². The van der Waals surface area contributed by atoms with Crippen molar-refractivity contribution in [1.29, 1.82) is 0 Å². The normalized spacial score (nSPS) is 10.1. The van der Waals surface area contributed by atoms with E-state index in [-0.39, 0.29) is 18.9 Å². The highest BCUT2D eigenvalue weighted by Crippen LogP contribution is 2.13. The van der Waals surface area contributed by atoms with E-state index in [1.807, 2.05) is 6.92 Å².